The second-order valence-electron chi connectivity index (χ2n) is 7.69. The molecular weight excluding hydrogens is 514 g/mol. The van der Waals surface area contributed by atoms with E-state index in [9.17, 15) is 8.42 Å². The number of sulfone groups is 1. The molecule has 8 heteroatoms. The van der Waals surface area contributed by atoms with Crippen LogP contribution < -0.4 is 4.74 Å². The van der Waals surface area contributed by atoms with Gasteiger partial charge < -0.3 is 9.30 Å². The number of rotatable bonds is 5. The molecule has 0 spiro atoms. The van der Waals surface area contributed by atoms with Crippen LogP contribution in [-0.4, -0.2) is 30.1 Å². The lowest BCUT2D eigenvalue weighted by atomic mass is 10.1. The van der Waals surface area contributed by atoms with Crippen molar-refractivity contribution in [3.63, 3.8) is 0 Å². The van der Waals surface area contributed by atoms with Crippen LogP contribution in [0.4, 0.5) is 0 Å². The SMILES string of the molecule is COc1ccc2c(S(=O)(=O)c3ccccc3)cc(-c3cnc(-c4ccccc4)n3C)nc2c1Br. The lowest BCUT2D eigenvalue weighted by Gasteiger charge is -2.14. The minimum atomic E-state index is -3.82. The number of pyridine rings is 1. The van der Waals surface area contributed by atoms with Crippen molar-refractivity contribution in [2.45, 2.75) is 9.79 Å². The average molecular weight is 534 g/mol. The van der Waals surface area contributed by atoms with Gasteiger partial charge in [-0.15, -0.1) is 0 Å². The van der Waals surface area contributed by atoms with E-state index in [0.717, 1.165) is 11.4 Å². The van der Waals surface area contributed by atoms with Crippen LogP contribution in [-0.2, 0) is 16.9 Å². The summed E-state index contributed by atoms with van der Waals surface area (Å²) in [7, 11) is -0.370. The summed E-state index contributed by atoms with van der Waals surface area (Å²) < 4.78 is 35.4. The molecule has 0 saturated heterocycles. The van der Waals surface area contributed by atoms with E-state index in [-0.39, 0.29) is 9.79 Å². The third kappa shape index (κ3) is 3.69. The van der Waals surface area contributed by atoms with E-state index >= 15 is 0 Å². The van der Waals surface area contributed by atoms with Crippen molar-refractivity contribution in [1.82, 2.24) is 14.5 Å². The Morgan fingerprint density at radius 2 is 1.62 bits per heavy atom. The maximum Gasteiger partial charge on any atom is 0.207 e. The van der Waals surface area contributed by atoms with Gasteiger partial charge in [0.2, 0.25) is 9.84 Å². The number of aromatic nitrogens is 3. The molecule has 0 saturated carbocycles. The quantitative estimate of drug-likeness (QED) is 0.281. The molecule has 170 valence electrons. The molecule has 0 radical (unpaired) electrons. The fraction of sp³-hybridized carbons (Fsp3) is 0.0769. The maximum absolute atomic E-state index is 13.7. The van der Waals surface area contributed by atoms with Gasteiger partial charge in [0.05, 0.1) is 44.5 Å². The molecule has 0 bridgehead atoms. The summed E-state index contributed by atoms with van der Waals surface area (Å²) >= 11 is 3.56. The van der Waals surface area contributed by atoms with E-state index in [2.05, 4.69) is 20.9 Å². The number of halogens is 1. The van der Waals surface area contributed by atoms with Gasteiger partial charge in [0.15, 0.2) is 0 Å². The molecule has 34 heavy (non-hydrogen) atoms. The van der Waals surface area contributed by atoms with Gasteiger partial charge in [0.1, 0.15) is 11.6 Å². The molecule has 0 aliphatic carbocycles. The molecule has 0 fully saturated rings. The van der Waals surface area contributed by atoms with Crippen LogP contribution in [0.5, 0.6) is 5.75 Å². The molecule has 0 unspecified atom stereocenters. The summed E-state index contributed by atoms with van der Waals surface area (Å²) in [6, 6.07) is 23.3. The van der Waals surface area contributed by atoms with Gasteiger partial charge in [-0.1, -0.05) is 48.5 Å². The first-order valence-electron chi connectivity index (χ1n) is 10.5. The first-order chi connectivity index (χ1) is 16.4. The van der Waals surface area contributed by atoms with E-state index in [1.165, 1.54) is 0 Å². The predicted molar refractivity (Wildman–Crippen MR) is 136 cm³/mol. The Balaban J connectivity index is 1.80. The number of fused-ring (bicyclic) bond motifs is 1. The van der Waals surface area contributed by atoms with Gasteiger partial charge >= 0.3 is 0 Å². The molecule has 0 atom stereocenters. The minimum absolute atomic E-state index is 0.171. The minimum Gasteiger partial charge on any atom is -0.495 e. The molecule has 0 amide bonds. The molecule has 5 aromatic rings. The number of imidazole rings is 1. The predicted octanol–water partition coefficient (Wildman–Crippen LogP) is 5.91. The van der Waals surface area contributed by atoms with Gasteiger partial charge in [0, 0.05) is 18.0 Å². The lowest BCUT2D eigenvalue weighted by Crippen LogP contribution is -2.06. The second-order valence-corrected chi connectivity index (χ2v) is 10.4. The van der Waals surface area contributed by atoms with Crippen molar-refractivity contribution < 1.29 is 13.2 Å². The molecule has 0 aliphatic rings. The smallest absolute Gasteiger partial charge is 0.207 e. The summed E-state index contributed by atoms with van der Waals surface area (Å²) in [5, 5.41) is 0.505. The van der Waals surface area contributed by atoms with Crippen LogP contribution >= 0.6 is 15.9 Å². The molecular formula is C26H20BrN3O3S. The standard InChI is InChI=1S/C26H20BrN3O3S/c1-30-21(16-28-26(30)17-9-5-3-6-10-17)20-15-23(34(31,32)18-11-7-4-8-12-18)19-13-14-22(33-2)24(27)25(19)29-20/h3-16H,1-2H3. The van der Waals surface area contributed by atoms with Crippen molar-refractivity contribution in [3.8, 4) is 28.5 Å². The van der Waals surface area contributed by atoms with Crippen molar-refractivity contribution in [3.05, 3.63) is 89.5 Å². The molecule has 3 aromatic carbocycles. The Morgan fingerprint density at radius 1 is 0.941 bits per heavy atom. The zero-order chi connectivity index (χ0) is 23.9. The summed E-state index contributed by atoms with van der Waals surface area (Å²) in [4.78, 5) is 9.81. The number of ether oxygens (including phenoxy) is 1. The molecule has 2 heterocycles. The Bertz CT molecular complexity index is 1620. The monoisotopic (exact) mass is 533 g/mol. The highest BCUT2D eigenvalue weighted by molar-refractivity contribution is 9.10. The van der Waals surface area contributed by atoms with E-state index < -0.39 is 9.84 Å². The zero-order valence-electron chi connectivity index (χ0n) is 18.4. The van der Waals surface area contributed by atoms with Crippen molar-refractivity contribution >= 4 is 36.7 Å². The molecule has 6 nitrogen and oxygen atoms in total. The summed E-state index contributed by atoms with van der Waals surface area (Å²) in [5.74, 6) is 1.32. The number of nitrogens with zero attached hydrogens (tertiary/aromatic N) is 3. The van der Waals surface area contributed by atoms with Gasteiger partial charge in [-0.25, -0.2) is 18.4 Å². The normalized spacial score (nSPS) is 11.6. The molecule has 2 aromatic heterocycles. The fourth-order valence-corrected chi connectivity index (χ4v) is 6.04. The molecule has 0 N–H and O–H groups in total. The third-order valence-electron chi connectivity index (χ3n) is 5.69. The highest BCUT2D eigenvalue weighted by Gasteiger charge is 2.25. The van der Waals surface area contributed by atoms with E-state index in [0.29, 0.717) is 32.5 Å². The van der Waals surface area contributed by atoms with E-state index in [1.807, 2.05) is 41.9 Å². The van der Waals surface area contributed by atoms with Crippen LogP contribution in [0.1, 0.15) is 0 Å². The Morgan fingerprint density at radius 3 is 2.29 bits per heavy atom. The third-order valence-corrected chi connectivity index (χ3v) is 8.27. The fourth-order valence-electron chi connectivity index (χ4n) is 3.95. The average Bonchev–Trinajstić information content (AvgIpc) is 3.26. The second kappa shape index (κ2) is 8.70. The number of methoxy groups -OCH3 is 1. The van der Waals surface area contributed by atoms with Gasteiger partial charge in [0.25, 0.3) is 0 Å². The first-order valence-corrected chi connectivity index (χ1v) is 12.7. The summed E-state index contributed by atoms with van der Waals surface area (Å²) in [5.41, 5.74) is 2.64. The number of hydrogen-bond donors (Lipinski definition) is 0. The van der Waals surface area contributed by atoms with E-state index in [1.54, 1.807) is 61.8 Å². The maximum atomic E-state index is 13.7. The van der Waals surface area contributed by atoms with Crippen molar-refractivity contribution in [2.75, 3.05) is 7.11 Å². The Hall–Kier alpha value is -3.49. The molecule has 5 rings (SSSR count). The van der Waals surface area contributed by atoms with E-state index in [4.69, 9.17) is 9.72 Å². The van der Waals surface area contributed by atoms with Crippen LogP contribution in [0.3, 0.4) is 0 Å². The topological polar surface area (TPSA) is 74.1 Å². The number of hydrogen-bond acceptors (Lipinski definition) is 5. The summed E-state index contributed by atoms with van der Waals surface area (Å²) in [6.07, 6.45) is 1.71. The number of benzene rings is 3. The van der Waals surface area contributed by atoms with Crippen molar-refractivity contribution in [1.29, 1.82) is 0 Å². The zero-order valence-corrected chi connectivity index (χ0v) is 20.8. The highest BCUT2D eigenvalue weighted by Crippen LogP contribution is 2.38. The lowest BCUT2D eigenvalue weighted by molar-refractivity contribution is 0.413. The summed E-state index contributed by atoms with van der Waals surface area (Å²) in [6.45, 7) is 0. The van der Waals surface area contributed by atoms with Crippen LogP contribution in [0, 0.1) is 0 Å². The highest BCUT2D eigenvalue weighted by atomic mass is 79.9. The van der Waals surface area contributed by atoms with Crippen molar-refractivity contribution in [2.24, 2.45) is 7.05 Å². The van der Waals surface area contributed by atoms with Gasteiger partial charge in [-0.2, -0.15) is 0 Å². The van der Waals surface area contributed by atoms with Gasteiger partial charge in [-0.3, -0.25) is 0 Å². The van der Waals surface area contributed by atoms with Gasteiger partial charge in [-0.05, 0) is 46.3 Å². The first kappa shape index (κ1) is 22.3. The largest absolute Gasteiger partial charge is 0.495 e. The Kier molecular flexibility index (Phi) is 5.71. The van der Waals surface area contributed by atoms with Crippen LogP contribution in [0.25, 0.3) is 33.7 Å². The molecule has 0 aliphatic heterocycles. The Labute approximate surface area is 205 Å². The van der Waals surface area contributed by atoms with Crippen LogP contribution in [0.2, 0.25) is 0 Å². The van der Waals surface area contributed by atoms with Crippen LogP contribution in [0.15, 0.2) is 99.3 Å².